The molecule has 2 rings (SSSR count). The van der Waals surface area contributed by atoms with E-state index in [1.54, 1.807) is 18.2 Å². The normalized spacial score (nSPS) is 10.0. The van der Waals surface area contributed by atoms with Gasteiger partial charge in [-0.15, -0.1) is 0 Å². The van der Waals surface area contributed by atoms with E-state index in [2.05, 4.69) is 0 Å². The van der Waals surface area contributed by atoms with Crippen LogP contribution in [-0.2, 0) is 11.2 Å². The number of esters is 1. The molecule has 0 spiro atoms. The second kappa shape index (κ2) is 6.49. The molecule has 0 atom stereocenters. The van der Waals surface area contributed by atoms with Crippen molar-refractivity contribution in [2.75, 3.05) is 0 Å². The largest absolute Gasteiger partial charge is 0.416 e. The zero-order valence-electron chi connectivity index (χ0n) is 11.4. The predicted octanol–water partition coefficient (Wildman–Crippen LogP) is 1.84. The van der Waals surface area contributed by atoms with Crippen LogP contribution in [0.2, 0.25) is 0 Å². The van der Waals surface area contributed by atoms with Gasteiger partial charge in [0.1, 0.15) is 0 Å². The van der Waals surface area contributed by atoms with Crippen molar-refractivity contribution in [3.63, 3.8) is 0 Å². The molecule has 0 aliphatic rings. The second-order valence-electron chi connectivity index (χ2n) is 4.46. The monoisotopic (exact) mass is 300 g/mol. The molecule has 1 amide bonds. The fraction of sp³-hybridized carbons (Fsp3) is 0.0667. The zero-order valence-corrected chi connectivity index (χ0v) is 11.4. The molecular weight excluding hydrogens is 288 g/mol. The number of amides is 1. The Morgan fingerprint density at radius 3 is 2.41 bits per heavy atom. The van der Waals surface area contributed by atoms with Gasteiger partial charge in [-0.3, -0.25) is 14.9 Å². The summed E-state index contributed by atoms with van der Waals surface area (Å²) in [5.41, 5.74) is 5.41. The predicted molar refractivity (Wildman–Crippen MR) is 77.4 cm³/mol. The van der Waals surface area contributed by atoms with Crippen LogP contribution in [0.4, 0.5) is 5.69 Å². The van der Waals surface area contributed by atoms with E-state index in [1.807, 2.05) is 0 Å². The van der Waals surface area contributed by atoms with Crippen molar-refractivity contribution in [3.05, 3.63) is 69.8 Å². The third kappa shape index (κ3) is 3.66. The zero-order chi connectivity index (χ0) is 16.1. The van der Waals surface area contributed by atoms with E-state index in [0.29, 0.717) is 5.56 Å². The number of benzene rings is 2. The van der Waals surface area contributed by atoms with E-state index < -0.39 is 16.8 Å². The van der Waals surface area contributed by atoms with Gasteiger partial charge in [-0.1, -0.05) is 24.3 Å². The van der Waals surface area contributed by atoms with Crippen molar-refractivity contribution in [1.29, 1.82) is 0 Å². The van der Waals surface area contributed by atoms with Gasteiger partial charge in [-0.2, -0.15) is 0 Å². The Morgan fingerprint density at radius 1 is 1.14 bits per heavy atom. The molecule has 0 unspecified atom stereocenters. The van der Waals surface area contributed by atoms with Crippen LogP contribution in [0.15, 0.2) is 48.5 Å². The molecule has 2 aromatic rings. The van der Waals surface area contributed by atoms with Gasteiger partial charge in [-0.05, 0) is 23.8 Å². The van der Waals surface area contributed by atoms with Gasteiger partial charge >= 0.3 is 11.7 Å². The Balaban J connectivity index is 2.32. The third-order valence-corrected chi connectivity index (χ3v) is 2.81. The minimum Gasteiger partial charge on any atom is -0.416 e. The molecule has 0 radical (unpaired) electrons. The first-order valence-corrected chi connectivity index (χ1v) is 6.30. The lowest BCUT2D eigenvalue weighted by Gasteiger charge is -2.07. The van der Waals surface area contributed by atoms with Crippen LogP contribution in [0.25, 0.3) is 0 Å². The highest BCUT2D eigenvalue weighted by Crippen LogP contribution is 2.29. The van der Waals surface area contributed by atoms with Gasteiger partial charge in [0, 0.05) is 6.07 Å². The highest BCUT2D eigenvalue weighted by molar-refractivity contribution is 5.91. The summed E-state index contributed by atoms with van der Waals surface area (Å²) in [7, 11) is 0. The molecular formula is C15H12N2O5. The Bertz CT molecular complexity index is 728. The first-order valence-electron chi connectivity index (χ1n) is 6.30. The van der Waals surface area contributed by atoms with Crippen molar-refractivity contribution in [3.8, 4) is 5.75 Å². The SMILES string of the molecule is NC(=O)Cc1ccc([N+](=O)[O-])c(OC(=O)c2ccccc2)c1. The van der Waals surface area contributed by atoms with Gasteiger partial charge in [0.25, 0.3) is 0 Å². The van der Waals surface area contributed by atoms with Crippen LogP contribution in [0.1, 0.15) is 15.9 Å². The van der Waals surface area contributed by atoms with Gasteiger partial charge in [0.2, 0.25) is 11.7 Å². The summed E-state index contributed by atoms with van der Waals surface area (Å²) < 4.78 is 5.08. The summed E-state index contributed by atoms with van der Waals surface area (Å²) >= 11 is 0. The molecule has 0 aromatic heterocycles. The number of primary amides is 1. The molecule has 0 fully saturated rings. The van der Waals surface area contributed by atoms with E-state index in [0.717, 1.165) is 0 Å². The number of nitrogens with zero attached hydrogens (tertiary/aromatic N) is 1. The van der Waals surface area contributed by atoms with E-state index in [4.69, 9.17) is 10.5 Å². The lowest BCUT2D eigenvalue weighted by Crippen LogP contribution is -2.14. The van der Waals surface area contributed by atoms with Crippen molar-refractivity contribution in [1.82, 2.24) is 0 Å². The van der Waals surface area contributed by atoms with Crippen LogP contribution in [0.3, 0.4) is 0 Å². The van der Waals surface area contributed by atoms with Gasteiger partial charge < -0.3 is 10.5 Å². The molecule has 7 nitrogen and oxygen atoms in total. The van der Waals surface area contributed by atoms with E-state index in [9.17, 15) is 19.7 Å². The van der Waals surface area contributed by atoms with E-state index in [1.165, 1.54) is 30.3 Å². The highest BCUT2D eigenvalue weighted by atomic mass is 16.6. The molecule has 0 bridgehead atoms. The fourth-order valence-electron chi connectivity index (χ4n) is 1.84. The molecule has 0 saturated carbocycles. The summed E-state index contributed by atoms with van der Waals surface area (Å²) in [6.45, 7) is 0. The summed E-state index contributed by atoms with van der Waals surface area (Å²) in [5, 5.41) is 11.0. The summed E-state index contributed by atoms with van der Waals surface area (Å²) in [5.74, 6) is -1.54. The fourth-order valence-corrected chi connectivity index (χ4v) is 1.84. The molecule has 2 aromatic carbocycles. The summed E-state index contributed by atoms with van der Waals surface area (Å²) in [6, 6.07) is 11.9. The number of nitro benzene ring substituents is 1. The Hall–Kier alpha value is -3.22. The molecule has 0 heterocycles. The number of rotatable bonds is 5. The summed E-state index contributed by atoms with van der Waals surface area (Å²) in [6.07, 6.45) is -0.103. The Kier molecular flexibility index (Phi) is 4.47. The standard InChI is InChI=1S/C15H12N2O5/c16-14(18)9-10-6-7-12(17(20)21)13(8-10)22-15(19)11-4-2-1-3-5-11/h1-8H,9H2,(H2,16,18). The van der Waals surface area contributed by atoms with Gasteiger partial charge in [-0.25, -0.2) is 4.79 Å². The van der Waals surface area contributed by atoms with Crippen molar-refractivity contribution >= 4 is 17.6 Å². The van der Waals surface area contributed by atoms with Crippen LogP contribution in [-0.4, -0.2) is 16.8 Å². The van der Waals surface area contributed by atoms with Crippen molar-refractivity contribution in [2.24, 2.45) is 5.73 Å². The maximum Gasteiger partial charge on any atom is 0.343 e. The van der Waals surface area contributed by atoms with Crippen LogP contribution < -0.4 is 10.5 Å². The van der Waals surface area contributed by atoms with E-state index >= 15 is 0 Å². The first-order chi connectivity index (χ1) is 10.5. The molecule has 0 aliphatic heterocycles. The molecule has 112 valence electrons. The highest BCUT2D eigenvalue weighted by Gasteiger charge is 2.19. The molecule has 7 heteroatoms. The molecule has 22 heavy (non-hydrogen) atoms. The quantitative estimate of drug-likeness (QED) is 0.392. The van der Waals surface area contributed by atoms with Crippen molar-refractivity contribution in [2.45, 2.75) is 6.42 Å². The number of hydrogen-bond acceptors (Lipinski definition) is 5. The van der Waals surface area contributed by atoms with Crippen LogP contribution in [0.5, 0.6) is 5.75 Å². The second-order valence-corrected chi connectivity index (χ2v) is 4.46. The molecule has 0 saturated heterocycles. The lowest BCUT2D eigenvalue weighted by atomic mass is 10.1. The topological polar surface area (TPSA) is 113 Å². The number of ether oxygens (including phenoxy) is 1. The number of carbonyl (C=O) groups is 2. The molecule has 0 aliphatic carbocycles. The first kappa shape index (κ1) is 15.2. The van der Waals surface area contributed by atoms with Crippen LogP contribution >= 0.6 is 0 Å². The number of nitrogens with two attached hydrogens (primary N) is 1. The van der Waals surface area contributed by atoms with Gasteiger partial charge in [0.15, 0.2) is 0 Å². The smallest absolute Gasteiger partial charge is 0.343 e. The maximum atomic E-state index is 12.0. The Labute approximate surface area is 125 Å². The number of carbonyl (C=O) groups excluding carboxylic acids is 2. The van der Waals surface area contributed by atoms with Crippen molar-refractivity contribution < 1.29 is 19.2 Å². The minimum atomic E-state index is -0.722. The van der Waals surface area contributed by atoms with Gasteiger partial charge in [0.05, 0.1) is 16.9 Å². The van der Waals surface area contributed by atoms with Crippen LogP contribution in [0, 0.1) is 10.1 Å². The average molecular weight is 300 g/mol. The number of nitro groups is 1. The lowest BCUT2D eigenvalue weighted by molar-refractivity contribution is -0.385. The average Bonchev–Trinajstić information content (AvgIpc) is 2.47. The van der Waals surface area contributed by atoms with E-state index in [-0.39, 0.29) is 23.4 Å². The Morgan fingerprint density at radius 2 is 1.82 bits per heavy atom. The third-order valence-electron chi connectivity index (χ3n) is 2.81. The minimum absolute atomic E-state index is 0.103. The summed E-state index contributed by atoms with van der Waals surface area (Å²) in [4.78, 5) is 33.2. The number of hydrogen-bond donors (Lipinski definition) is 1. The maximum absolute atomic E-state index is 12.0. The molecule has 2 N–H and O–H groups in total.